The second-order valence-corrected chi connectivity index (χ2v) is 7.75. The molecule has 0 bridgehead atoms. The maximum atomic E-state index is 2.32. The van der Waals surface area contributed by atoms with Gasteiger partial charge >= 0.3 is 0 Å². The van der Waals surface area contributed by atoms with E-state index < -0.39 is 0 Å². The molecule has 2 atom stereocenters. The van der Waals surface area contributed by atoms with Gasteiger partial charge in [0.25, 0.3) is 0 Å². The van der Waals surface area contributed by atoms with Crippen molar-refractivity contribution in [3.05, 3.63) is 0 Å². The summed E-state index contributed by atoms with van der Waals surface area (Å²) in [6.45, 7) is 2.32. The van der Waals surface area contributed by atoms with E-state index in [-0.39, 0.29) is 0 Å². The fraction of sp³-hybridized carbons (Fsp3) is 1.00. The lowest BCUT2D eigenvalue weighted by atomic mass is 9.70. The second-order valence-electron chi connectivity index (χ2n) is 7.75. The third-order valence-corrected chi connectivity index (χ3v) is 6.11. The Morgan fingerprint density at radius 2 is 1.35 bits per heavy atom. The van der Waals surface area contributed by atoms with Crippen molar-refractivity contribution in [1.82, 2.24) is 0 Å². The monoisotopic (exact) mass is 278 g/mol. The highest BCUT2D eigenvalue weighted by atomic mass is 14.3. The molecule has 0 heterocycles. The van der Waals surface area contributed by atoms with Gasteiger partial charge in [0.05, 0.1) is 0 Å². The molecule has 2 fully saturated rings. The average molecular weight is 279 g/mol. The highest BCUT2D eigenvalue weighted by Crippen LogP contribution is 2.40. The van der Waals surface area contributed by atoms with Crippen LogP contribution in [0.5, 0.6) is 0 Å². The Bertz CT molecular complexity index is 224. The molecule has 0 heteroatoms. The van der Waals surface area contributed by atoms with E-state index in [1.54, 1.807) is 44.9 Å². The number of unbranched alkanes of at least 4 members (excludes halogenated alkanes) is 3. The average Bonchev–Trinajstić information content (AvgIpc) is 2.44. The minimum atomic E-state index is 1.09. The van der Waals surface area contributed by atoms with Crippen LogP contribution < -0.4 is 0 Å². The molecule has 20 heavy (non-hydrogen) atoms. The van der Waals surface area contributed by atoms with E-state index >= 15 is 0 Å². The van der Waals surface area contributed by atoms with Crippen molar-refractivity contribution in [2.24, 2.45) is 17.8 Å². The predicted octanol–water partition coefficient (Wildman–Crippen LogP) is 7.12. The maximum Gasteiger partial charge on any atom is -0.0383 e. The second kappa shape index (κ2) is 9.85. The predicted molar refractivity (Wildman–Crippen MR) is 90.0 cm³/mol. The van der Waals surface area contributed by atoms with Gasteiger partial charge in [-0.2, -0.15) is 0 Å². The fourth-order valence-electron chi connectivity index (χ4n) is 4.84. The molecule has 2 unspecified atom stereocenters. The molecule has 0 aromatic carbocycles. The van der Waals surface area contributed by atoms with Crippen molar-refractivity contribution in [1.29, 1.82) is 0 Å². The number of hydrogen-bond donors (Lipinski definition) is 0. The summed E-state index contributed by atoms with van der Waals surface area (Å²) in [4.78, 5) is 0. The van der Waals surface area contributed by atoms with Crippen molar-refractivity contribution in [3.63, 3.8) is 0 Å². The lowest BCUT2D eigenvalue weighted by Gasteiger charge is -2.35. The Kier molecular flexibility index (Phi) is 8.06. The van der Waals surface area contributed by atoms with Gasteiger partial charge < -0.3 is 0 Å². The van der Waals surface area contributed by atoms with Crippen LogP contribution in [-0.4, -0.2) is 0 Å². The van der Waals surface area contributed by atoms with Gasteiger partial charge in [0.15, 0.2) is 0 Å². The normalized spacial score (nSPS) is 29.9. The molecule has 2 aliphatic rings. The lowest BCUT2D eigenvalue weighted by Crippen LogP contribution is -2.23. The van der Waals surface area contributed by atoms with Gasteiger partial charge in [0.2, 0.25) is 0 Å². The first kappa shape index (κ1) is 16.4. The summed E-state index contributed by atoms with van der Waals surface area (Å²) in [5.41, 5.74) is 0. The van der Waals surface area contributed by atoms with Crippen LogP contribution in [0, 0.1) is 17.8 Å². The van der Waals surface area contributed by atoms with Crippen LogP contribution >= 0.6 is 0 Å². The topological polar surface area (TPSA) is 0 Å². The smallest absolute Gasteiger partial charge is 0.0383 e. The van der Waals surface area contributed by atoms with Crippen LogP contribution in [0.25, 0.3) is 0 Å². The van der Waals surface area contributed by atoms with E-state index in [0.717, 1.165) is 17.8 Å². The molecular formula is C20H38. The number of rotatable bonds is 6. The van der Waals surface area contributed by atoms with Crippen LogP contribution in [0.15, 0.2) is 0 Å². The maximum absolute atomic E-state index is 2.32. The molecule has 0 N–H and O–H groups in total. The van der Waals surface area contributed by atoms with Crippen molar-refractivity contribution in [2.45, 2.75) is 110 Å². The van der Waals surface area contributed by atoms with Gasteiger partial charge in [-0.25, -0.2) is 0 Å². The molecule has 0 aromatic rings. The molecule has 0 saturated heterocycles. The zero-order chi connectivity index (χ0) is 14.0. The van der Waals surface area contributed by atoms with Crippen molar-refractivity contribution >= 4 is 0 Å². The zero-order valence-electron chi connectivity index (χ0n) is 14.0. The van der Waals surface area contributed by atoms with Crippen LogP contribution in [0.2, 0.25) is 0 Å². The molecule has 2 saturated carbocycles. The molecule has 0 amide bonds. The molecule has 2 rings (SSSR count). The third-order valence-electron chi connectivity index (χ3n) is 6.11. The van der Waals surface area contributed by atoms with Gasteiger partial charge in [-0.15, -0.1) is 0 Å². The van der Waals surface area contributed by atoms with Gasteiger partial charge in [0, 0.05) is 0 Å². The van der Waals surface area contributed by atoms with Crippen LogP contribution in [-0.2, 0) is 0 Å². The van der Waals surface area contributed by atoms with Crippen molar-refractivity contribution in [2.75, 3.05) is 0 Å². The third kappa shape index (κ3) is 5.78. The Morgan fingerprint density at radius 1 is 0.650 bits per heavy atom. The quantitative estimate of drug-likeness (QED) is 0.453. The molecule has 118 valence electrons. The Balaban J connectivity index is 1.70. The SMILES string of the molecule is CCCCCCC1CCCC(C2CCCCCCC2)C1. The van der Waals surface area contributed by atoms with Gasteiger partial charge in [-0.1, -0.05) is 103 Å². The van der Waals surface area contributed by atoms with Crippen molar-refractivity contribution in [3.8, 4) is 0 Å². The molecule has 2 aliphatic carbocycles. The highest BCUT2D eigenvalue weighted by molar-refractivity contribution is 4.79. The summed E-state index contributed by atoms with van der Waals surface area (Å²) < 4.78 is 0. The summed E-state index contributed by atoms with van der Waals surface area (Å²) in [6.07, 6.45) is 24.4. The van der Waals surface area contributed by atoms with E-state index in [9.17, 15) is 0 Å². The molecule has 0 aliphatic heterocycles. The van der Waals surface area contributed by atoms with Gasteiger partial charge in [-0.05, 0) is 24.2 Å². The molecular weight excluding hydrogens is 240 g/mol. The molecule has 0 nitrogen and oxygen atoms in total. The summed E-state index contributed by atoms with van der Waals surface area (Å²) in [5, 5.41) is 0. The Morgan fingerprint density at radius 3 is 2.10 bits per heavy atom. The highest BCUT2D eigenvalue weighted by Gasteiger charge is 2.28. The first-order valence-electron chi connectivity index (χ1n) is 9.90. The summed E-state index contributed by atoms with van der Waals surface area (Å²) in [6, 6.07) is 0. The van der Waals surface area contributed by atoms with E-state index in [1.165, 1.54) is 57.8 Å². The van der Waals surface area contributed by atoms with E-state index in [1.807, 2.05) is 0 Å². The van der Waals surface area contributed by atoms with Crippen LogP contribution in [0.4, 0.5) is 0 Å². The standard InChI is InChI=1S/C20H38/c1-2-3-4-8-12-18-13-11-16-20(17-18)19-14-9-6-5-7-10-15-19/h18-20H,2-17H2,1H3. The largest absolute Gasteiger partial charge is 0.0654 e. The molecule has 0 spiro atoms. The summed E-state index contributed by atoms with van der Waals surface area (Å²) in [5.74, 6) is 3.31. The minimum absolute atomic E-state index is 1.09. The van der Waals surface area contributed by atoms with E-state index in [2.05, 4.69) is 6.92 Å². The van der Waals surface area contributed by atoms with Crippen molar-refractivity contribution < 1.29 is 0 Å². The first-order valence-corrected chi connectivity index (χ1v) is 9.90. The first-order chi connectivity index (χ1) is 9.90. The van der Waals surface area contributed by atoms with Crippen LogP contribution in [0.3, 0.4) is 0 Å². The summed E-state index contributed by atoms with van der Waals surface area (Å²) in [7, 11) is 0. The van der Waals surface area contributed by atoms with Gasteiger partial charge in [0.1, 0.15) is 0 Å². The van der Waals surface area contributed by atoms with E-state index in [0.29, 0.717) is 0 Å². The Labute approximate surface area is 128 Å². The summed E-state index contributed by atoms with van der Waals surface area (Å²) >= 11 is 0. The van der Waals surface area contributed by atoms with Crippen LogP contribution in [0.1, 0.15) is 110 Å². The molecule has 0 aromatic heterocycles. The van der Waals surface area contributed by atoms with E-state index in [4.69, 9.17) is 0 Å². The zero-order valence-corrected chi connectivity index (χ0v) is 14.0. The fourth-order valence-corrected chi connectivity index (χ4v) is 4.84. The number of hydrogen-bond acceptors (Lipinski definition) is 0. The Hall–Kier alpha value is 0. The lowest BCUT2D eigenvalue weighted by molar-refractivity contribution is 0.161. The molecule has 0 radical (unpaired) electrons. The minimum Gasteiger partial charge on any atom is -0.0654 e. The van der Waals surface area contributed by atoms with Gasteiger partial charge in [-0.3, -0.25) is 0 Å².